The number of aromatic nitrogens is 2. The fourth-order valence-electron chi connectivity index (χ4n) is 4.26. The Bertz CT molecular complexity index is 871. The minimum absolute atomic E-state index is 0.0744. The predicted octanol–water partition coefficient (Wildman–Crippen LogP) is 3.53. The average molecular weight is 386 g/mol. The Kier molecular flexibility index (Phi) is 6.83. The van der Waals surface area contributed by atoms with E-state index in [1.165, 1.54) is 6.42 Å². The van der Waals surface area contributed by atoms with Crippen LogP contribution in [0.5, 0.6) is 0 Å². The van der Waals surface area contributed by atoms with Crippen LogP contribution in [0, 0.1) is 5.92 Å². The molecule has 1 amide bonds. The Morgan fingerprint density at radius 1 is 1.29 bits per heavy atom. The van der Waals surface area contributed by atoms with E-state index < -0.39 is 0 Å². The van der Waals surface area contributed by atoms with Crippen LogP contribution in [0.4, 0.5) is 0 Å². The van der Waals surface area contributed by atoms with Crippen molar-refractivity contribution >= 4 is 16.8 Å². The zero-order valence-electron chi connectivity index (χ0n) is 17.2. The van der Waals surface area contributed by atoms with Crippen molar-refractivity contribution in [1.82, 2.24) is 14.5 Å². The van der Waals surface area contributed by atoms with Crippen molar-refractivity contribution in [1.29, 1.82) is 0 Å². The zero-order valence-corrected chi connectivity index (χ0v) is 17.2. The Labute approximate surface area is 166 Å². The van der Waals surface area contributed by atoms with Crippen LogP contribution in [-0.4, -0.2) is 41.1 Å². The summed E-state index contributed by atoms with van der Waals surface area (Å²) in [6.07, 6.45) is 6.07. The third kappa shape index (κ3) is 4.12. The number of carbonyl (C=O) groups is 1. The van der Waals surface area contributed by atoms with Crippen LogP contribution in [0.3, 0.4) is 0 Å². The third-order valence-corrected chi connectivity index (χ3v) is 5.86. The molecule has 0 N–H and O–H groups in total. The lowest BCUT2D eigenvalue weighted by atomic mass is 9.88. The lowest BCUT2D eigenvalue weighted by Crippen LogP contribution is -2.40. The second-order valence-corrected chi connectivity index (χ2v) is 7.64. The third-order valence-electron chi connectivity index (χ3n) is 5.86. The van der Waals surface area contributed by atoms with E-state index in [4.69, 9.17) is 9.72 Å². The van der Waals surface area contributed by atoms with Gasteiger partial charge in [-0.2, -0.15) is 0 Å². The molecule has 0 radical (unpaired) electrons. The molecule has 0 bridgehead atoms. The van der Waals surface area contributed by atoms with E-state index in [1.807, 2.05) is 37.1 Å². The maximum atomic E-state index is 13.1. The normalized spacial score (nSPS) is 16.2. The Morgan fingerprint density at radius 2 is 2.00 bits per heavy atom. The van der Waals surface area contributed by atoms with Gasteiger partial charge < -0.3 is 9.64 Å². The molecule has 1 aromatic carbocycles. The van der Waals surface area contributed by atoms with Gasteiger partial charge in [0.2, 0.25) is 5.91 Å². The summed E-state index contributed by atoms with van der Waals surface area (Å²) < 4.78 is 6.90. The molecule has 1 aromatic heterocycles. The van der Waals surface area contributed by atoms with Crippen LogP contribution < -0.4 is 5.56 Å². The fourth-order valence-corrected chi connectivity index (χ4v) is 4.26. The molecule has 6 nitrogen and oxygen atoms in total. The average Bonchev–Trinajstić information content (AvgIpc) is 2.74. The molecule has 0 saturated heterocycles. The van der Waals surface area contributed by atoms with E-state index in [9.17, 15) is 9.59 Å². The number of nitrogens with zero attached hydrogens (tertiary/aromatic N) is 3. The van der Waals surface area contributed by atoms with Gasteiger partial charge >= 0.3 is 0 Å². The van der Waals surface area contributed by atoms with Crippen molar-refractivity contribution in [2.45, 2.75) is 58.0 Å². The summed E-state index contributed by atoms with van der Waals surface area (Å²) in [4.78, 5) is 32.9. The molecule has 2 aromatic rings. The van der Waals surface area contributed by atoms with Crippen molar-refractivity contribution in [2.24, 2.45) is 5.92 Å². The summed E-state index contributed by atoms with van der Waals surface area (Å²) >= 11 is 0. The van der Waals surface area contributed by atoms with Crippen molar-refractivity contribution in [3.63, 3.8) is 0 Å². The van der Waals surface area contributed by atoms with Gasteiger partial charge in [-0.3, -0.25) is 14.2 Å². The van der Waals surface area contributed by atoms with Gasteiger partial charge in [-0.15, -0.1) is 0 Å². The highest BCUT2D eigenvalue weighted by Gasteiger charge is 2.30. The van der Waals surface area contributed by atoms with Gasteiger partial charge in [-0.25, -0.2) is 4.98 Å². The van der Waals surface area contributed by atoms with Gasteiger partial charge in [0.05, 0.1) is 30.1 Å². The summed E-state index contributed by atoms with van der Waals surface area (Å²) in [5.41, 5.74) is 0.600. The number of fused-ring (bicyclic) bond motifs is 1. The van der Waals surface area contributed by atoms with Gasteiger partial charge in [0.25, 0.3) is 5.56 Å². The lowest BCUT2D eigenvalue weighted by Gasteiger charge is -2.33. The Morgan fingerprint density at radius 3 is 2.68 bits per heavy atom. The molecule has 3 rings (SSSR count). The first-order valence-electron chi connectivity index (χ1n) is 10.3. The highest BCUT2D eigenvalue weighted by molar-refractivity contribution is 5.80. The van der Waals surface area contributed by atoms with Gasteiger partial charge in [0.1, 0.15) is 5.82 Å². The highest BCUT2D eigenvalue weighted by atomic mass is 16.5. The summed E-state index contributed by atoms with van der Waals surface area (Å²) in [6, 6.07) is 7.16. The van der Waals surface area contributed by atoms with Crippen molar-refractivity contribution in [3.05, 3.63) is 40.4 Å². The summed E-state index contributed by atoms with van der Waals surface area (Å²) in [7, 11) is 3.47. The van der Waals surface area contributed by atoms with Crippen molar-refractivity contribution < 1.29 is 9.53 Å². The number of carbonyl (C=O) groups excluding carboxylic acids is 1. The molecule has 1 unspecified atom stereocenters. The number of para-hydroxylation sites is 1. The van der Waals surface area contributed by atoms with Crippen molar-refractivity contribution in [2.75, 3.05) is 20.8 Å². The second kappa shape index (κ2) is 9.32. The van der Waals surface area contributed by atoms with Crippen LogP contribution in [0.1, 0.15) is 57.3 Å². The predicted molar refractivity (Wildman–Crippen MR) is 110 cm³/mol. The summed E-state index contributed by atoms with van der Waals surface area (Å²) in [5.74, 6) is 0.912. The first kappa shape index (κ1) is 20.5. The molecule has 6 heteroatoms. The van der Waals surface area contributed by atoms with Gasteiger partial charge in [0, 0.05) is 20.1 Å². The molecule has 1 atom stereocenters. The van der Waals surface area contributed by atoms with E-state index >= 15 is 0 Å². The van der Waals surface area contributed by atoms with Gasteiger partial charge in [0.15, 0.2) is 0 Å². The molecule has 1 aliphatic carbocycles. The molecule has 1 saturated carbocycles. The standard InChI is InChI=1S/C22H31N3O3/c1-4-19(24(2)21(26)16-10-6-5-7-11-16)20-23-18-13-9-8-12-17(18)22(27)25(20)14-15-28-3/h8-9,12-13,16,19H,4-7,10-11,14-15H2,1-3H3. The van der Waals surface area contributed by atoms with Crippen molar-refractivity contribution in [3.8, 4) is 0 Å². The largest absolute Gasteiger partial charge is 0.383 e. The monoisotopic (exact) mass is 385 g/mol. The quantitative estimate of drug-likeness (QED) is 0.731. The topological polar surface area (TPSA) is 64.4 Å². The minimum Gasteiger partial charge on any atom is -0.383 e. The van der Waals surface area contributed by atoms with E-state index in [0.29, 0.717) is 36.3 Å². The molecular weight excluding hydrogens is 354 g/mol. The molecule has 152 valence electrons. The number of amides is 1. The highest BCUT2D eigenvalue weighted by Crippen LogP contribution is 2.29. The van der Waals surface area contributed by atoms with E-state index in [1.54, 1.807) is 17.7 Å². The number of methoxy groups -OCH3 is 1. The lowest BCUT2D eigenvalue weighted by molar-refractivity contribution is -0.137. The van der Waals surface area contributed by atoms with Crippen LogP contribution in [-0.2, 0) is 16.1 Å². The first-order valence-corrected chi connectivity index (χ1v) is 10.3. The number of hydrogen-bond donors (Lipinski definition) is 0. The smallest absolute Gasteiger partial charge is 0.261 e. The van der Waals surface area contributed by atoms with E-state index in [2.05, 4.69) is 0 Å². The minimum atomic E-state index is -0.233. The number of ether oxygens (including phenoxy) is 1. The number of rotatable bonds is 7. The number of benzene rings is 1. The summed E-state index contributed by atoms with van der Waals surface area (Å²) in [6.45, 7) is 2.88. The maximum Gasteiger partial charge on any atom is 0.261 e. The Hall–Kier alpha value is -2.21. The molecule has 28 heavy (non-hydrogen) atoms. The van der Waals surface area contributed by atoms with E-state index in [-0.39, 0.29) is 23.4 Å². The first-order chi connectivity index (χ1) is 13.6. The number of hydrogen-bond acceptors (Lipinski definition) is 4. The van der Waals surface area contributed by atoms with E-state index in [0.717, 1.165) is 25.7 Å². The van der Waals surface area contributed by atoms with Crippen LogP contribution in [0.2, 0.25) is 0 Å². The fraction of sp³-hybridized carbons (Fsp3) is 0.591. The van der Waals surface area contributed by atoms with Gasteiger partial charge in [-0.1, -0.05) is 38.3 Å². The Balaban J connectivity index is 2.02. The molecule has 0 spiro atoms. The van der Waals surface area contributed by atoms with Crippen LogP contribution >= 0.6 is 0 Å². The SMILES string of the molecule is CCC(c1nc2ccccc2c(=O)n1CCOC)N(C)C(=O)C1CCCCC1. The molecule has 0 aliphatic heterocycles. The van der Waals surface area contributed by atoms with Gasteiger partial charge in [-0.05, 0) is 31.4 Å². The molecule has 1 aliphatic rings. The molecule has 1 heterocycles. The zero-order chi connectivity index (χ0) is 20.1. The van der Waals surface area contributed by atoms with Crippen LogP contribution in [0.25, 0.3) is 10.9 Å². The maximum absolute atomic E-state index is 13.1. The second-order valence-electron chi connectivity index (χ2n) is 7.64. The molecular formula is C22H31N3O3. The van der Waals surface area contributed by atoms with Crippen LogP contribution in [0.15, 0.2) is 29.1 Å². The summed E-state index contributed by atoms with van der Waals surface area (Å²) in [5, 5.41) is 0.596. The molecule has 1 fully saturated rings.